The van der Waals surface area contributed by atoms with Crippen LogP contribution in [0.25, 0.3) is 11.2 Å². The summed E-state index contributed by atoms with van der Waals surface area (Å²) in [5.74, 6) is 0. The third kappa shape index (κ3) is 1.90. The first-order chi connectivity index (χ1) is 7.81. The van der Waals surface area contributed by atoms with Gasteiger partial charge in [-0.3, -0.25) is 13.9 Å². The van der Waals surface area contributed by atoms with Crippen molar-refractivity contribution in [3.8, 4) is 0 Å². The third-order valence-electron chi connectivity index (χ3n) is 2.54. The molecule has 0 aliphatic carbocycles. The lowest BCUT2D eigenvalue weighted by Crippen LogP contribution is -2.40. The molecule has 0 aliphatic rings. The van der Waals surface area contributed by atoms with Crippen LogP contribution in [0.5, 0.6) is 0 Å². The summed E-state index contributed by atoms with van der Waals surface area (Å²) in [6.45, 7) is 6.61. The summed E-state index contributed by atoms with van der Waals surface area (Å²) in [7, 11) is 1.48. The van der Waals surface area contributed by atoms with Crippen LogP contribution in [-0.2, 0) is 13.6 Å². The topological polar surface area (TPSA) is 72.7 Å². The van der Waals surface area contributed by atoms with E-state index in [-0.39, 0.29) is 16.7 Å². The highest BCUT2D eigenvalue weighted by atomic mass is 16.2. The Morgan fingerprint density at radius 2 is 2.00 bits per heavy atom. The fourth-order valence-electron chi connectivity index (χ4n) is 1.79. The van der Waals surface area contributed by atoms with Gasteiger partial charge in [-0.1, -0.05) is 20.8 Å². The van der Waals surface area contributed by atoms with Crippen LogP contribution in [0.1, 0.15) is 20.8 Å². The van der Waals surface area contributed by atoms with Gasteiger partial charge in [-0.2, -0.15) is 0 Å². The maximum atomic E-state index is 12.1. The van der Waals surface area contributed by atoms with Crippen LogP contribution in [0, 0.1) is 5.41 Å². The summed E-state index contributed by atoms with van der Waals surface area (Å²) >= 11 is 0. The molecule has 0 unspecified atom stereocenters. The number of nitrogens with zero attached hydrogens (tertiary/aromatic N) is 3. The average Bonchev–Trinajstić information content (AvgIpc) is 2.68. The zero-order valence-corrected chi connectivity index (χ0v) is 10.4. The van der Waals surface area contributed by atoms with E-state index in [1.807, 2.05) is 20.8 Å². The summed E-state index contributed by atoms with van der Waals surface area (Å²) in [6.07, 6.45) is 1.44. The summed E-state index contributed by atoms with van der Waals surface area (Å²) < 4.78 is 2.64. The molecule has 92 valence electrons. The van der Waals surface area contributed by atoms with Crippen molar-refractivity contribution in [1.82, 2.24) is 19.1 Å². The molecule has 0 bridgehead atoms. The number of hydrogen-bond acceptors (Lipinski definition) is 3. The van der Waals surface area contributed by atoms with Crippen LogP contribution in [0.3, 0.4) is 0 Å². The van der Waals surface area contributed by atoms with Gasteiger partial charge < -0.3 is 4.98 Å². The van der Waals surface area contributed by atoms with Crippen molar-refractivity contribution in [1.29, 1.82) is 0 Å². The van der Waals surface area contributed by atoms with Crippen LogP contribution < -0.4 is 11.2 Å². The van der Waals surface area contributed by atoms with Gasteiger partial charge in [-0.25, -0.2) is 9.78 Å². The number of nitrogens with one attached hydrogen (secondary N) is 1. The molecular weight excluding hydrogens is 220 g/mol. The zero-order chi connectivity index (χ0) is 12.8. The van der Waals surface area contributed by atoms with Crippen molar-refractivity contribution in [3.63, 3.8) is 0 Å². The molecule has 0 radical (unpaired) electrons. The Bertz CT molecular complexity index is 669. The van der Waals surface area contributed by atoms with Crippen LogP contribution in [0.4, 0.5) is 0 Å². The highest BCUT2D eigenvalue weighted by Gasteiger charge is 2.18. The van der Waals surface area contributed by atoms with E-state index in [0.29, 0.717) is 17.7 Å². The van der Waals surface area contributed by atoms with Crippen LogP contribution >= 0.6 is 0 Å². The fraction of sp³-hybridized carbons (Fsp3) is 0.545. The summed E-state index contributed by atoms with van der Waals surface area (Å²) in [5.41, 5.74) is 0.0641. The van der Waals surface area contributed by atoms with Crippen molar-refractivity contribution < 1.29 is 0 Å². The molecule has 0 spiro atoms. The molecule has 0 fully saturated rings. The molecule has 1 N–H and O–H groups in total. The highest BCUT2D eigenvalue weighted by Crippen LogP contribution is 2.16. The second-order valence-electron chi connectivity index (χ2n) is 5.39. The monoisotopic (exact) mass is 236 g/mol. The Morgan fingerprint density at radius 1 is 1.35 bits per heavy atom. The van der Waals surface area contributed by atoms with E-state index in [1.165, 1.54) is 17.9 Å². The van der Waals surface area contributed by atoms with Crippen LogP contribution in [0.15, 0.2) is 15.9 Å². The lowest BCUT2D eigenvalue weighted by molar-refractivity contribution is 0.337. The molecule has 0 atom stereocenters. The summed E-state index contributed by atoms with van der Waals surface area (Å²) in [5, 5.41) is 0. The largest absolute Gasteiger partial charge is 0.339 e. The van der Waals surface area contributed by atoms with Crippen molar-refractivity contribution in [3.05, 3.63) is 27.2 Å². The average molecular weight is 236 g/mol. The van der Waals surface area contributed by atoms with E-state index < -0.39 is 0 Å². The smallest absolute Gasteiger partial charge is 0.332 e. The maximum absolute atomic E-state index is 12.1. The molecular formula is C11H16N4O2. The van der Waals surface area contributed by atoms with E-state index in [4.69, 9.17) is 0 Å². The van der Waals surface area contributed by atoms with Gasteiger partial charge in [0.15, 0.2) is 5.65 Å². The molecule has 6 heteroatoms. The van der Waals surface area contributed by atoms with E-state index >= 15 is 0 Å². The number of hydrogen-bond donors (Lipinski definition) is 1. The number of fused-ring (bicyclic) bond motifs is 1. The Hall–Kier alpha value is -1.85. The van der Waals surface area contributed by atoms with Gasteiger partial charge >= 0.3 is 5.69 Å². The van der Waals surface area contributed by atoms with Gasteiger partial charge in [0.05, 0.1) is 6.33 Å². The van der Waals surface area contributed by atoms with Crippen molar-refractivity contribution >= 4 is 11.2 Å². The standard InChI is InChI=1S/C11H16N4O2/c1-11(2,3)5-15-8-7(12-6-13-8)9(16)14(4)10(15)17/h6H,5H2,1-4H3,(H,12,13). The highest BCUT2D eigenvalue weighted by molar-refractivity contribution is 5.68. The molecule has 0 aromatic carbocycles. The van der Waals surface area contributed by atoms with Gasteiger partial charge in [-0.05, 0) is 5.41 Å². The Labute approximate surface area is 97.9 Å². The Kier molecular flexibility index (Phi) is 2.45. The first-order valence-electron chi connectivity index (χ1n) is 5.44. The van der Waals surface area contributed by atoms with Crippen molar-refractivity contribution in [2.45, 2.75) is 27.3 Å². The number of imidazole rings is 1. The minimum atomic E-state index is -0.340. The van der Waals surface area contributed by atoms with Gasteiger partial charge in [0, 0.05) is 13.6 Å². The normalized spacial score (nSPS) is 12.2. The molecule has 6 nitrogen and oxygen atoms in total. The second kappa shape index (κ2) is 3.58. The molecule has 2 aromatic heterocycles. The number of aromatic amines is 1. The van der Waals surface area contributed by atoms with Crippen LogP contribution in [0.2, 0.25) is 0 Å². The van der Waals surface area contributed by atoms with Gasteiger partial charge in [0.1, 0.15) is 5.52 Å². The predicted octanol–water partition coefficient (Wildman–Crippen LogP) is 0.469. The molecule has 0 amide bonds. The quantitative estimate of drug-likeness (QED) is 0.782. The molecule has 2 rings (SSSR count). The zero-order valence-electron chi connectivity index (χ0n) is 10.4. The SMILES string of the molecule is Cn1c(=O)c2[nH]cnc2n(CC(C)(C)C)c1=O. The van der Waals surface area contributed by atoms with Crippen molar-refractivity contribution in [2.24, 2.45) is 12.5 Å². The molecule has 2 aromatic rings. The number of rotatable bonds is 1. The number of H-pyrrole nitrogens is 1. The summed E-state index contributed by atoms with van der Waals surface area (Å²) in [6, 6.07) is 0. The lowest BCUT2D eigenvalue weighted by atomic mass is 9.97. The minimum absolute atomic E-state index is 0.0624. The first-order valence-corrected chi connectivity index (χ1v) is 5.44. The molecule has 0 saturated heterocycles. The third-order valence-corrected chi connectivity index (χ3v) is 2.54. The lowest BCUT2D eigenvalue weighted by Gasteiger charge is -2.20. The predicted molar refractivity (Wildman–Crippen MR) is 65.0 cm³/mol. The minimum Gasteiger partial charge on any atom is -0.339 e. The first kappa shape index (κ1) is 11.6. The molecule has 0 saturated carbocycles. The van der Waals surface area contributed by atoms with Crippen molar-refractivity contribution in [2.75, 3.05) is 0 Å². The molecule has 0 aliphatic heterocycles. The Morgan fingerprint density at radius 3 is 2.59 bits per heavy atom. The van der Waals surface area contributed by atoms with E-state index in [2.05, 4.69) is 9.97 Å². The van der Waals surface area contributed by atoms with E-state index in [0.717, 1.165) is 4.57 Å². The van der Waals surface area contributed by atoms with E-state index in [1.54, 1.807) is 0 Å². The Balaban J connectivity index is 2.83. The second-order valence-corrected chi connectivity index (χ2v) is 5.39. The molecule has 2 heterocycles. The fourth-order valence-corrected chi connectivity index (χ4v) is 1.79. The number of aromatic nitrogens is 4. The van der Waals surface area contributed by atoms with Gasteiger partial charge in [0.25, 0.3) is 5.56 Å². The van der Waals surface area contributed by atoms with Gasteiger partial charge in [-0.15, -0.1) is 0 Å². The van der Waals surface area contributed by atoms with Gasteiger partial charge in [0.2, 0.25) is 0 Å². The molecule has 17 heavy (non-hydrogen) atoms. The summed E-state index contributed by atoms with van der Waals surface area (Å²) in [4.78, 5) is 30.7. The van der Waals surface area contributed by atoms with Crippen LogP contribution in [-0.4, -0.2) is 19.1 Å². The maximum Gasteiger partial charge on any atom is 0.332 e. The van der Waals surface area contributed by atoms with E-state index in [9.17, 15) is 9.59 Å².